The molecule has 2 rings (SSSR count). The fraction of sp³-hybridized carbons (Fsp3) is 0.391. The standard InChI is InChI=1S/C23H33N9O5/c24-16(10-15-11-27-13-30-15)20(35)31-17(7-4-8-28-23(25)26)22(37)32-18(21(36)29-12-19(33)34)9-14-5-2-1-3-6-14/h1-3,5-6,11,13,16-18H,4,7-10,12,24H2,(H,27,30)(H,29,36)(H,31,35)(H,32,37)(H,33,34)(H4,25,26,28). The zero-order chi connectivity index (χ0) is 27.2. The monoisotopic (exact) mass is 515 g/mol. The molecule has 200 valence electrons. The molecule has 3 amide bonds. The summed E-state index contributed by atoms with van der Waals surface area (Å²) in [5.41, 5.74) is 18.1. The number of carboxylic acids is 1. The highest BCUT2D eigenvalue weighted by Crippen LogP contribution is 2.07. The summed E-state index contributed by atoms with van der Waals surface area (Å²) in [6.07, 6.45) is 3.77. The van der Waals surface area contributed by atoms with Gasteiger partial charge in [0.15, 0.2) is 5.96 Å². The Hall–Kier alpha value is -4.46. The first-order chi connectivity index (χ1) is 17.7. The van der Waals surface area contributed by atoms with Crippen LogP contribution in [0.5, 0.6) is 0 Å². The molecule has 14 nitrogen and oxygen atoms in total. The number of aromatic nitrogens is 2. The minimum Gasteiger partial charge on any atom is -0.480 e. The predicted molar refractivity (Wildman–Crippen MR) is 135 cm³/mol. The lowest BCUT2D eigenvalue weighted by Crippen LogP contribution is -2.56. The molecule has 0 aliphatic rings. The van der Waals surface area contributed by atoms with Gasteiger partial charge in [0, 0.05) is 31.3 Å². The number of nitrogens with two attached hydrogens (primary N) is 3. The van der Waals surface area contributed by atoms with Crippen molar-refractivity contribution in [1.29, 1.82) is 0 Å². The Labute approximate surface area is 213 Å². The quantitative estimate of drug-likeness (QED) is 0.0724. The molecule has 1 heterocycles. The van der Waals surface area contributed by atoms with Crippen LogP contribution in [0.25, 0.3) is 0 Å². The molecular formula is C23H33N9O5. The van der Waals surface area contributed by atoms with Crippen molar-refractivity contribution in [1.82, 2.24) is 25.9 Å². The summed E-state index contributed by atoms with van der Waals surface area (Å²) in [6.45, 7) is -0.393. The molecule has 0 bridgehead atoms. The maximum atomic E-state index is 13.2. The van der Waals surface area contributed by atoms with E-state index in [1.54, 1.807) is 30.3 Å². The van der Waals surface area contributed by atoms with Crippen molar-refractivity contribution in [2.75, 3.05) is 13.1 Å². The first-order valence-electron chi connectivity index (χ1n) is 11.6. The van der Waals surface area contributed by atoms with Crippen molar-refractivity contribution in [3.05, 3.63) is 54.1 Å². The fourth-order valence-corrected chi connectivity index (χ4v) is 3.39. The molecule has 37 heavy (non-hydrogen) atoms. The highest BCUT2D eigenvalue weighted by atomic mass is 16.4. The van der Waals surface area contributed by atoms with Gasteiger partial charge in [-0.3, -0.25) is 24.2 Å². The molecule has 3 atom stereocenters. The number of hydrogen-bond acceptors (Lipinski definition) is 7. The highest BCUT2D eigenvalue weighted by molar-refractivity contribution is 5.93. The Bertz CT molecular complexity index is 1060. The van der Waals surface area contributed by atoms with Gasteiger partial charge in [-0.05, 0) is 18.4 Å². The van der Waals surface area contributed by atoms with Crippen LogP contribution in [0.2, 0.25) is 0 Å². The Kier molecular flexibility index (Phi) is 11.5. The van der Waals surface area contributed by atoms with E-state index in [2.05, 4.69) is 30.9 Å². The average Bonchev–Trinajstić information content (AvgIpc) is 3.37. The van der Waals surface area contributed by atoms with Gasteiger partial charge < -0.3 is 43.2 Å². The number of imidazole rings is 1. The van der Waals surface area contributed by atoms with Crippen LogP contribution in [0.3, 0.4) is 0 Å². The second-order valence-electron chi connectivity index (χ2n) is 8.26. The summed E-state index contributed by atoms with van der Waals surface area (Å²) >= 11 is 0. The molecule has 14 heteroatoms. The van der Waals surface area contributed by atoms with E-state index in [-0.39, 0.29) is 31.8 Å². The van der Waals surface area contributed by atoms with E-state index in [0.29, 0.717) is 12.1 Å². The summed E-state index contributed by atoms with van der Waals surface area (Å²) in [5.74, 6) is -3.23. The smallest absolute Gasteiger partial charge is 0.322 e. The van der Waals surface area contributed by atoms with Crippen molar-refractivity contribution in [2.45, 2.75) is 43.8 Å². The van der Waals surface area contributed by atoms with Crippen LogP contribution in [0.4, 0.5) is 0 Å². The lowest BCUT2D eigenvalue weighted by molar-refractivity contribution is -0.138. The molecule has 0 fully saturated rings. The van der Waals surface area contributed by atoms with Gasteiger partial charge >= 0.3 is 5.97 Å². The lowest BCUT2D eigenvalue weighted by atomic mass is 10.0. The van der Waals surface area contributed by atoms with E-state index < -0.39 is 48.4 Å². The van der Waals surface area contributed by atoms with Gasteiger partial charge in [0.25, 0.3) is 0 Å². The second-order valence-corrected chi connectivity index (χ2v) is 8.26. The van der Waals surface area contributed by atoms with E-state index in [1.807, 2.05) is 0 Å². The van der Waals surface area contributed by atoms with Crippen LogP contribution in [0, 0.1) is 0 Å². The molecular weight excluding hydrogens is 482 g/mol. The number of aliphatic imine (C=N–C) groups is 1. The number of carboxylic acid groups (broad SMARTS) is 1. The molecule has 2 aromatic rings. The molecule has 0 spiro atoms. The topological polar surface area (TPSA) is 244 Å². The fourth-order valence-electron chi connectivity index (χ4n) is 3.39. The Morgan fingerprint density at radius 3 is 2.32 bits per heavy atom. The van der Waals surface area contributed by atoms with Crippen molar-refractivity contribution in [2.24, 2.45) is 22.2 Å². The van der Waals surface area contributed by atoms with Crippen LogP contribution in [0.15, 0.2) is 47.8 Å². The van der Waals surface area contributed by atoms with Gasteiger partial charge in [-0.15, -0.1) is 0 Å². The number of nitrogens with one attached hydrogen (secondary N) is 4. The Morgan fingerprint density at radius 1 is 1.00 bits per heavy atom. The number of amides is 3. The van der Waals surface area contributed by atoms with Gasteiger partial charge in [0.2, 0.25) is 17.7 Å². The normalized spacial score (nSPS) is 13.0. The molecule has 0 saturated carbocycles. The zero-order valence-electron chi connectivity index (χ0n) is 20.2. The summed E-state index contributed by atoms with van der Waals surface area (Å²) < 4.78 is 0. The van der Waals surface area contributed by atoms with E-state index in [4.69, 9.17) is 22.3 Å². The number of nitrogens with zero attached hydrogens (tertiary/aromatic N) is 2. The molecule has 3 unspecified atom stereocenters. The number of benzene rings is 1. The van der Waals surface area contributed by atoms with Gasteiger partial charge in [-0.2, -0.15) is 0 Å². The number of aromatic amines is 1. The summed E-state index contributed by atoms with van der Waals surface area (Å²) in [6, 6.07) is 5.78. The van der Waals surface area contributed by atoms with Gasteiger partial charge in [0.1, 0.15) is 18.6 Å². The Balaban J connectivity index is 2.14. The lowest BCUT2D eigenvalue weighted by Gasteiger charge is -2.24. The van der Waals surface area contributed by atoms with Crippen LogP contribution in [0.1, 0.15) is 24.1 Å². The maximum absolute atomic E-state index is 13.2. The number of carbonyl (C=O) groups is 4. The van der Waals surface area contributed by atoms with Crippen molar-refractivity contribution in [3.63, 3.8) is 0 Å². The van der Waals surface area contributed by atoms with Crippen molar-refractivity contribution >= 4 is 29.7 Å². The third-order valence-corrected chi connectivity index (χ3v) is 5.24. The van der Waals surface area contributed by atoms with Crippen LogP contribution < -0.4 is 33.2 Å². The number of hydrogen-bond donors (Lipinski definition) is 8. The van der Waals surface area contributed by atoms with Gasteiger partial charge in [-0.1, -0.05) is 30.3 Å². The van der Waals surface area contributed by atoms with Crippen LogP contribution >= 0.6 is 0 Å². The molecule has 0 saturated heterocycles. The largest absolute Gasteiger partial charge is 0.480 e. The van der Waals surface area contributed by atoms with E-state index in [0.717, 1.165) is 5.56 Å². The van der Waals surface area contributed by atoms with E-state index in [1.165, 1.54) is 12.5 Å². The van der Waals surface area contributed by atoms with E-state index >= 15 is 0 Å². The van der Waals surface area contributed by atoms with Crippen LogP contribution in [-0.4, -0.2) is 75.9 Å². The van der Waals surface area contributed by atoms with Crippen molar-refractivity contribution in [3.8, 4) is 0 Å². The van der Waals surface area contributed by atoms with Crippen molar-refractivity contribution < 1.29 is 24.3 Å². The highest BCUT2D eigenvalue weighted by Gasteiger charge is 2.28. The molecule has 0 aliphatic heterocycles. The summed E-state index contributed by atoms with van der Waals surface area (Å²) in [5, 5.41) is 16.4. The summed E-state index contributed by atoms with van der Waals surface area (Å²) in [4.78, 5) is 60.2. The SMILES string of the molecule is NC(N)=NCCCC(NC(=O)C(N)Cc1cnc[nH]1)C(=O)NC(Cc1ccccc1)C(=O)NCC(=O)O. The molecule has 1 aromatic carbocycles. The molecule has 0 aliphatic carbocycles. The summed E-state index contributed by atoms with van der Waals surface area (Å²) in [7, 11) is 0. The Morgan fingerprint density at radius 2 is 1.70 bits per heavy atom. The van der Waals surface area contributed by atoms with Gasteiger partial charge in [-0.25, -0.2) is 4.98 Å². The number of guanidine groups is 1. The van der Waals surface area contributed by atoms with Crippen LogP contribution in [-0.2, 0) is 32.0 Å². The maximum Gasteiger partial charge on any atom is 0.322 e. The van der Waals surface area contributed by atoms with Gasteiger partial charge in [0.05, 0.1) is 12.4 Å². The zero-order valence-corrected chi connectivity index (χ0v) is 20.2. The third kappa shape index (κ3) is 10.8. The number of carbonyl (C=O) groups excluding carboxylic acids is 3. The molecule has 0 radical (unpaired) electrons. The second kappa shape index (κ2) is 14.8. The van der Waals surface area contributed by atoms with E-state index in [9.17, 15) is 19.2 Å². The number of aliphatic carboxylic acids is 1. The first-order valence-corrected chi connectivity index (χ1v) is 11.6. The average molecular weight is 516 g/mol. The minimum atomic E-state index is -1.23. The number of rotatable bonds is 15. The number of H-pyrrole nitrogens is 1. The molecule has 11 N–H and O–H groups in total. The predicted octanol–water partition coefficient (Wildman–Crippen LogP) is -2.25. The molecule has 1 aromatic heterocycles. The first kappa shape index (κ1) is 28.8. The third-order valence-electron chi connectivity index (χ3n) is 5.24. The minimum absolute atomic E-state index is 0.103.